The fourth-order valence-electron chi connectivity index (χ4n) is 1.89. The van der Waals surface area contributed by atoms with Crippen molar-refractivity contribution in [1.82, 2.24) is 9.88 Å². The van der Waals surface area contributed by atoms with Gasteiger partial charge in [0.1, 0.15) is 0 Å². The van der Waals surface area contributed by atoms with Gasteiger partial charge in [0.25, 0.3) is 5.91 Å². The lowest BCUT2D eigenvalue weighted by Crippen LogP contribution is -2.33. The zero-order valence-corrected chi connectivity index (χ0v) is 9.73. The number of nitrogens with one attached hydrogen (secondary N) is 1. The van der Waals surface area contributed by atoms with Crippen LogP contribution in [0.15, 0.2) is 18.5 Å². The highest BCUT2D eigenvalue weighted by Crippen LogP contribution is 2.29. The number of carbonyl (C=O) groups is 1. The fourth-order valence-corrected chi connectivity index (χ4v) is 1.89. The van der Waals surface area contributed by atoms with Crippen molar-refractivity contribution in [2.45, 2.75) is 25.8 Å². The maximum atomic E-state index is 12.3. The number of hydrogen-bond acceptors (Lipinski definition) is 3. The first kappa shape index (κ1) is 10.9. The molecule has 86 valence electrons. The zero-order chi connectivity index (χ0) is 11.5. The van der Waals surface area contributed by atoms with Crippen molar-refractivity contribution in [2.75, 3.05) is 18.9 Å². The molecule has 0 aromatic carbocycles. The average molecular weight is 219 g/mol. The van der Waals surface area contributed by atoms with Crippen LogP contribution in [0.4, 0.5) is 5.69 Å². The molecule has 0 unspecified atom stereocenters. The first-order valence-corrected chi connectivity index (χ1v) is 5.70. The van der Waals surface area contributed by atoms with E-state index in [0.29, 0.717) is 11.6 Å². The van der Waals surface area contributed by atoms with Crippen LogP contribution in [-0.4, -0.2) is 35.4 Å². The lowest BCUT2D eigenvalue weighted by atomic mass is 10.2. The van der Waals surface area contributed by atoms with Crippen molar-refractivity contribution in [3.05, 3.63) is 24.0 Å². The molecule has 1 aromatic rings. The fraction of sp³-hybridized carbons (Fsp3) is 0.500. The molecule has 0 spiro atoms. The Hall–Kier alpha value is -1.58. The zero-order valence-electron chi connectivity index (χ0n) is 9.73. The van der Waals surface area contributed by atoms with Gasteiger partial charge in [0.05, 0.1) is 17.4 Å². The summed E-state index contributed by atoms with van der Waals surface area (Å²) in [6.07, 6.45) is 5.63. The Balaban J connectivity index is 2.24. The molecular weight excluding hydrogens is 202 g/mol. The van der Waals surface area contributed by atoms with Crippen LogP contribution < -0.4 is 5.32 Å². The van der Waals surface area contributed by atoms with Crippen molar-refractivity contribution >= 4 is 11.6 Å². The number of amides is 1. The van der Waals surface area contributed by atoms with Crippen LogP contribution in [-0.2, 0) is 0 Å². The molecule has 1 amide bonds. The Kier molecular flexibility index (Phi) is 3.08. The van der Waals surface area contributed by atoms with E-state index < -0.39 is 0 Å². The van der Waals surface area contributed by atoms with E-state index in [4.69, 9.17) is 0 Å². The molecule has 0 saturated heterocycles. The number of pyridine rings is 1. The Morgan fingerprint density at radius 1 is 1.62 bits per heavy atom. The molecule has 2 rings (SSSR count). The molecular formula is C12H17N3O. The molecule has 4 heteroatoms. The predicted octanol–water partition coefficient (Wildman–Crippen LogP) is 1.75. The molecule has 0 aliphatic heterocycles. The molecule has 1 fully saturated rings. The molecule has 1 saturated carbocycles. The Morgan fingerprint density at radius 2 is 2.38 bits per heavy atom. The molecule has 16 heavy (non-hydrogen) atoms. The maximum absolute atomic E-state index is 12.3. The molecule has 1 aromatic heterocycles. The SMILES string of the molecule is CCN(C(=O)c1ccncc1NC)C1CC1. The highest BCUT2D eigenvalue weighted by molar-refractivity contribution is 5.99. The van der Waals surface area contributed by atoms with Gasteiger partial charge in [-0.1, -0.05) is 0 Å². The first-order chi connectivity index (χ1) is 7.77. The van der Waals surface area contributed by atoms with Gasteiger partial charge in [-0.25, -0.2) is 0 Å². The minimum absolute atomic E-state index is 0.108. The number of hydrogen-bond donors (Lipinski definition) is 1. The lowest BCUT2D eigenvalue weighted by molar-refractivity contribution is 0.0753. The average Bonchev–Trinajstić information content (AvgIpc) is 3.14. The third-order valence-corrected chi connectivity index (χ3v) is 2.91. The van der Waals surface area contributed by atoms with Crippen LogP contribution in [0, 0.1) is 0 Å². The first-order valence-electron chi connectivity index (χ1n) is 5.70. The van der Waals surface area contributed by atoms with Crippen molar-refractivity contribution in [3.63, 3.8) is 0 Å². The number of rotatable bonds is 4. The van der Waals surface area contributed by atoms with Crippen molar-refractivity contribution in [3.8, 4) is 0 Å². The molecule has 1 N–H and O–H groups in total. The monoisotopic (exact) mass is 219 g/mol. The number of anilines is 1. The van der Waals surface area contributed by atoms with Crippen LogP contribution in [0.5, 0.6) is 0 Å². The third-order valence-electron chi connectivity index (χ3n) is 2.91. The van der Waals surface area contributed by atoms with E-state index in [1.165, 1.54) is 0 Å². The van der Waals surface area contributed by atoms with E-state index in [2.05, 4.69) is 10.3 Å². The summed E-state index contributed by atoms with van der Waals surface area (Å²) in [5, 5.41) is 3.00. The second-order valence-corrected chi connectivity index (χ2v) is 3.99. The summed E-state index contributed by atoms with van der Waals surface area (Å²) in [6.45, 7) is 2.80. The summed E-state index contributed by atoms with van der Waals surface area (Å²) in [7, 11) is 1.81. The van der Waals surface area contributed by atoms with Crippen LogP contribution in [0.2, 0.25) is 0 Å². The van der Waals surface area contributed by atoms with Crippen molar-refractivity contribution < 1.29 is 4.79 Å². The molecule has 0 bridgehead atoms. The molecule has 1 aliphatic rings. The number of nitrogens with zero attached hydrogens (tertiary/aromatic N) is 2. The molecule has 0 radical (unpaired) electrons. The minimum atomic E-state index is 0.108. The summed E-state index contributed by atoms with van der Waals surface area (Å²) in [5.74, 6) is 0.108. The summed E-state index contributed by atoms with van der Waals surface area (Å²) >= 11 is 0. The Bertz CT molecular complexity index is 388. The van der Waals surface area contributed by atoms with Crippen molar-refractivity contribution in [2.24, 2.45) is 0 Å². The summed E-state index contributed by atoms with van der Waals surface area (Å²) in [6, 6.07) is 2.23. The van der Waals surface area contributed by atoms with Crippen LogP contribution in [0.3, 0.4) is 0 Å². The lowest BCUT2D eigenvalue weighted by Gasteiger charge is -2.21. The number of aromatic nitrogens is 1. The number of carbonyl (C=O) groups excluding carboxylic acids is 1. The van der Waals surface area contributed by atoms with Gasteiger partial charge in [-0.05, 0) is 25.8 Å². The molecule has 1 heterocycles. The van der Waals surface area contributed by atoms with Gasteiger partial charge in [-0.15, -0.1) is 0 Å². The summed E-state index contributed by atoms with van der Waals surface area (Å²) in [5.41, 5.74) is 1.51. The van der Waals surface area contributed by atoms with Crippen LogP contribution in [0.25, 0.3) is 0 Å². The van der Waals surface area contributed by atoms with Gasteiger partial charge in [-0.3, -0.25) is 9.78 Å². The third kappa shape index (κ3) is 2.01. The van der Waals surface area contributed by atoms with E-state index in [1.807, 2.05) is 11.8 Å². The quantitative estimate of drug-likeness (QED) is 0.839. The largest absolute Gasteiger partial charge is 0.386 e. The van der Waals surface area contributed by atoms with Crippen LogP contribution in [0.1, 0.15) is 30.1 Å². The van der Waals surface area contributed by atoms with E-state index in [1.54, 1.807) is 25.5 Å². The molecule has 0 atom stereocenters. The highest BCUT2D eigenvalue weighted by atomic mass is 16.2. The Labute approximate surface area is 95.7 Å². The standard InChI is InChI=1S/C12H17N3O/c1-3-15(9-4-5-9)12(16)10-6-7-14-8-11(10)13-2/h6-9,13H,3-5H2,1-2H3. The van der Waals surface area contributed by atoms with Gasteiger partial charge >= 0.3 is 0 Å². The van der Waals surface area contributed by atoms with E-state index in [9.17, 15) is 4.79 Å². The van der Waals surface area contributed by atoms with Crippen LogP contribution >= 0.6 is 0 Å². The normalized spacial score (nSPS) is 14.6. The van der Waals surface area contributed by atoms with E-state index >= 15 is 0 Å². The van der Waals surface area contributed by atoms with Gasteiger partial charge in [0.15, 0.2) is 0 Å². The van der Waals surface area contributed by atoms with Gasteiger partial charge in [0, 0.05) is 25.8 Å². The maximum Gasteiger partial charge on any atom is 0.256 e. The Morgan fingerprint density at radius 3 is 2.94 bits per heavy atom. The predicted molar refractivity (Wildman–Crippen MR) is 63.5 cm³/mol. The highest BCUT2D eigenvalue weighted by Gasteiger charge is 2.32. The molecule has 4 nitrogen and oxygen atoms in total. The van der Waals surface area contributed by atoms with Crippen molar-refractivity contribution in [1.29, 1.82) is 0 Å². The van der Waals surface area contributed by atoms with Gasteiger partial charge < -0.3 is 10.2 Å². The topological polar surface area (TPSA) is 45.2 Å². The van der Waals surface area contributed by atoms with E-state index in [-0.39, 0.29) is 5.91 Å². The second-order valence-electron chi connectivity index (χ2n) is 3.99. The van der Waals surface area contributed by atoms with E-state index in [0.717, 1.165) is 25.1 Å². The molecule has 1 aliphatic carbocycles. The van der Waals surface area contributed by atoms with Gasteiger partial charge in [-0.2, -0.15) is 0 Å². The minimum Gasteiger partial charge on any atom is -0.386 e. The summed E-state index contributed by atoms with van der Waals surface area (Å²) in [4.78, 5) is 18.2. The summed E-state index contributed by atoms with van der Waals surface area (Å²) < 4.78 is 0. The van der Waals surface area contributed by atoms with Gasteiger partial charge in [0.2, 0.25) is 0 Å². The second kappa shape index (κ2) is 4.51. The smallest absolute Gasteiger partial charge is 0.256 e.